The molecule has 1 fully saturated rings. The molecule has 1 amide bonds. The third-order valence-electron chi connectivity index (χ3n) is 3.53. The first kappa shape index (κ1) is 14.7. The van der Waals surface area contributed by atoms with Crippen LogP contribution < -0.4 is 11.1 Å². The number of piperidine rings is 1. The van der Waals surface area contributed by atoms with Gasteiger partial charge < -0.3 is 11.1 Å². The van der Waals surface area contributed by atoms with Gasteiger partial charge in [-0.05, 0) is 33.2 Å². The van der Waals surface area contributed by atoms with Crippen LogP contribution in [0.3, 0.4) is 0 Å². The van der Waals surface area contributed by atoms with Crippen LogP contribution in [0.4, 0.5) is 5.82 Å². The highest BCUT2D eigenvalue weighted by Crippen LogP contribution is 2.18. The second-order valence-corrected chi connectivity index (χ2v) is 5.32. The number of likely N-dealkylation sites (tertiary alicyclic amines) is 1. The summed E-state index contributed by atoms with van der Waals surface area (Å²) in [6.45, 7) is 7.20. The summed E-state index contributed by atoms with van der Waals surface area (Å²) < 4.78 is 0. The Kier molecular flexibility index (Phi) is 4.89. The Morgan fingerprint density at radius 3 is 3.05 bits per heavy atom. The van der Waals surface area contributed by atoms with Gasteiger partial charge in [-0.2, -0.15) is 0 Å². The van der Waals surface area contributed by atoms with E-state index in [0.717, 1.165) is 43.3 Å². The largest absolute Gasteiger partial charge is 0.370 e. The van der Waals surface area contributed by atoms with E-state index in [0.29, 0.717) is 13.1 Å². The molecule has 3 N–H and O–H groups in total. The van der Waals surface area contributed by atoms with Gasteiger partial charge in [0.1, 0.15) is 11.6 Å². The Morgan fingerprint density at radius 2 is 2.35 bits per heavy atom. The molecule has 1 aromatic rings. The van der Waals surface area contributed by atoms with Gasteiger partial charge in [-0.1, -0.05) is 0 Å². The molecule has 1 aliphatic heterocycles. The number of carbonyl (C=O) groups excluding carboxylic acids is 1. The van der Waals surface area contributed by atoms with Crippen molar-refractivity contribution in [2.24, 2.45) is 11.7 Å². The standard InChI is InChI=1S/C14H23N5O/c1-3-16-12-7-10(2)17-13(18-12)9-19-6-4-5-11(8-19)14(15)20/h7,11H,3-6,8-9H2,1-2H3,(H2,15,20)(H,16,17,18). The van der Waals surface area contributed by atoms with Crippen molar-refractivity contribution in [3.63, 3.8) is 0 Å². The third kappa shape index (κ3) is 3.90. The number of nitrogens with zero attached hydrogens (tertiary/aromatic N) is 3. The van der Waals surface area contributed by atoms with Crippen molar-refractivity contribution < 1.29 is 4.79 Å². The number of carbonyl (C=O) groups is 1. The van der Waals surface area contributed by atoms with Gasteiger partial charge in [0.15, 0.2) is 0 Å². The van der Waals surface area contributed by atoms with E-state index in [9.17, 15) is 4.79 Å². The molecular formula is C14H23N5O. The number of amides is 1. The minimum Gasteiger partial charge on any atom is -0.370 e. The predicted octanol–water partition coefficient (Wildman–Crippen LogP) is 0.914. The van der Waals surface area contributed by atoms with E-state index in [4.69, 9.17) is 5.73 Å². The maximum atomic E-state index is 11.3. The molecule has 0 radical (unpaired) electrons. The smallest absolute Gasteiger partial charge is 0.221 e. The van der Waals surface area contributed by atoms with Crippen LogP contribution in [-0.4, -0.2) is 40.4 Å². The van der Waals surface area contributed by atoms with Crippen LogP contribution in [0.5, 0.6) is 0 Å². The van der Waals surface area contributed by atoms with E-state index in [2.05, 4.69) is 20.2 Å². The average molecular weight is 277 g/mol. The maximum Gasteiger partial charge on any atom is 0.221 e. The molecule has 1 aromatic heterocycles. The zero-order valence-corrected chi connectivity index (χ0v) is 12.2. The molecule has 6 nitrogen and oxygen atoms in total. The number of primary amides is 1. The van der Waals surface area contributed by atoms with Gasteiger partial charge in [0.25, 0.3) is 0 Å². The second-order valence-electron chi connectivity index (χ2n) is 5.32. The average Bonchev–Trinajstić information content (AvgIpc) is 2.38. The van der Waals surface area contributed by atoms with Crippen molar-refractivity contribution in [1.29, 1.82) is 0 Å². The summed E-state index contributed by atoms with van der Waals surface area (Å²) in [4.78, 5) is 22.5. The zero-order chi connectivity index (χ0) is 14.5. The van der Waals surface area contributed by atoms with Gasteiger partial charge in [-0.15, -0.1) is 0 Å². The highest BCUT2D eigenvalue weighted by Gasteiger charge is 2.24. The number of anilines is 1. The second kappa shape index (κ2) is 6.65. The minimum atomic E-state index is -0.201. The van der Waals surface area contributed by atoms with E-state index in [-0.39, 0.29) is 11.8 Å². The van der Waals surface area contributed by atoms with E-state index in [1.807, 2.05) is 19.9 Å². The Bertz CT molecular complexity index is 477. The van der Waals surface area contributed by atoms with Gasteiger partial charge in [0.2, 0.25) is 5.91 Å². The lowest BCUT2D eigenvalue weighted by Gasteiger charge is -2.30. The summed E-state index contributed by atoms with van der Waals surface area (Å²) in [7, 11) is 0. The molecule has 110 valence electrons. The van der Waals surface area contributed by atoms with E-state index in [1.165, 1.54) is 0 Å². The maximum absolute atomic E-state index is 11.3. The van der Waals surface area contributed by atoms with Crippen LogP contribution in [0.25, 0.3) is 0 Å². The van der Waals surface area contributed by atoms with Crippen molar-refractivity contribution in [1.82, 2.24) is 14.9 Å². The molecule has 1 atom stereocenters. The van der Waals surface area contributed by atoms with Gasteiger partial charge in [-0.3, -0.25) is 9.69 Å². The molecule has 0 bridgehead atoms. The van der Waals surface area contributed by atoms with Crippen LogP contribution in [0.1, 0.15) is 31.3 Å². The van der Waals surface area contributed by atoms with Crippen molar-refractivity contribution in [2.45, 2.75) is 33.2 Å². The van der Waals surface area contributed by atoms with Crippen LogP contribution in [0.2, 0.25) is 0 Å². The molecule has 6 heteroatoms. The van der Waals surface area contributed by atoms with Crippen LogP contribution in [0, 0.1) is 12.8 Å². The number of hydrogen-bond donors (Lipinski definition) is 2. The number of nitrogens with one attached hydrogen (secondary N) is 1. The summed E-state index contributed by atoms with van der Waals surface area (Å²) in [5.41, 5.74) is 6.36. The number of aromatic nitrogens is 2. The first-order valence-corrected chi connectivity index (χ1v) is 7.18. The number of aryl methyl sites for hydroxylation is 1. The lowest BCUT2D eigenvalue weighted by molar-refractivity contribution is -0.123. The van der Waals surface area contributed by atoms with E-state index < -0.39 is 0 Å². The molecule has 0 saturated carbocycles. The minimum absolute atomic E-state index is 0.0400. The lowest BCUT2D eigenvalue weighted by Crippen LogP contribution is -2.41. The fourth-order valence-electron chi connectivity index (χ4n) is 2.60. The molecule has 0 aromatic carbocycles. The summed E-state index contributed by atoms with van der Waals surface area (Å²) in [6, 6.07) is 1.94. The SMILES string of the molecule is CCNc1cc(C)nc(CN2CCCC(C(N)=O)C2)n1. The van der Waals surface area contributed by atoms with E-state index in [1.54, 1.807) is 0 Å². The number of nitrogens with two attached hydrogens (primary N) is 1. The Balaban J connectivity index is 2.03. The van der Waals surface area contributed by atoms with Crippen molar-refractivity contribution in [2.75, 3.05) is 25.0 Å². The summed E-state index contributed by atoms with van der Waals surface area (Å²) in [6.07, 6.45) is 1.89. The Labute approximate surface area is 119 Å². The molecule has 2 heterocycles. The molecule has 0 aliphatic carbocycles. The Hall–Kier alpha value is -1.69. The van der Waals surface area contributed by atoms with Crippen LogP contribution >= 0.6 is 0 Å². The normalized spacial score (nSPS) is 19.8. The molecule has 1 aliphatic rings. The molecule has 2 rings (SSSR count). The van der Waals surface area contributed by atoms with E-state index >= 15 is 0 Å². The Morgan fingerprint density at radius 1 is 1.55 bits per heavy atom. The summed E-state index contributed by atoms with van der Waals surface area (Å²) in [5.74, 6) is 1.42. The highest BCUT2D eigenvalue weighted by atomic mass is 16.1. The predicted molar refractivity (Wildman–Crippen MR) is 78.1 cm³/mol. The third-order valence-corrected chi connectivity index (χ3v) is 3.53. The van der Waals surface area contributed by atoms with Crippen molar-refractivity contribution in [3.8, 4) is 0 Å². The first-order chi connectivity index (χ1) is 9.58. The van der Waals surface area contributed by atoms with Crippen LogP contribution in [0.15, 0.2) is 6.07 Å². The van der Waals surface area contributed by atoms with Gasteiger partial charge >= 0.3 is 0 Å². The van der Waals surface area contributed by atoms with Crippen molar-refractivity contribution >= 4 is 11.7 Å². The monoisotopic (exact) mass is 277 g/mol. The molecule has 1 unspecified atom stereocenters. The van der Waals surface area contributed by atoms with Crippen LogP contribution in [-0.2, 0) is 11.3 Å². The molecular weight excluding hydrogens is 254 g/mol. The van der Waals surface area contributed by atoms with Gasteiger partial charge in [-0.25, -0.2) is 9.97 Å². The summed E-state index contributed by atoms with van der Waals surface area (Å²) in [5, 5.41) is 3.21. The van der Waals surface area contributed by atoms with Gasteiger partial charge in [0.05, 0.1) is 12.5 Å². The first-order valence-electron chi connectivity index (χ1n) is 7.18. The number of hydrogen-bond acceptors (Lipinski definition) is 5. The highest BCUT2D eigenvalue weighted by molar-refractivity contribution is 5.76. The molecule has 0 spiro atoms. The fraction of sp³-hybridized carbons (Fsp3) is 0.643. The number of rotatable bonds is 5. The molecule has 20 heavy (non-hydrogen) atoms. The zero-order valence-electron chi connectivity index (χ0n) is 12.2. The topological polar surface area (TPSA) is 84.1 Å². The molecule has 1 saturated heterocycles. The lowest BCUT2D eigenvalue weighted by atomic mass is 9.97. The quantitative estimate of drug-likeness (QED) is 0.836. The summed E-state index contributed by atoms with van der Waals surface area (Å²) >= 11 is 0. The van der Waals surface area contributed by atoms with Gasteiger partial charge in [0, 0.05) is 24.8 Å². The van der Waals surface area contributed by atoms with Crippen molar-refractivity contribution in [3.05, 3.63) is 17.6 Å². The fourth-order valence-corrected chi connectivity index (χ4v) is 2.60.